The van der Waals surface area contributed by atoms with Crippen molar-refractivity contribution in [1.29, 1.82) is 0 Å². The number of esters is 1. The van der Waals surface area contributed by atoms with Crippen molar-refractivity contribution in [1.82, 2.24) is 0 Å². The van der Waals surface area contributed by atoms with Crippen LogP contribution in [0.1, 0.15) is 19.4 Å². The topological polar surface area (TPSA) is 65.0 Å². The number of hydrogen-bond acceptors (Lipinski definition) is 5. The molecule has 5 heteroatoms. The number of benzene rings is 1. The van der Waals surface area contributed by atoms with E-state index in [2.05, 4.69) is 0 Å². The van der Waals surface area contributed by atoms with Gasteiger partial charge in [0.05, 0.1) is 6.61 Å². The fourth-order valence-electron chi connectivity index (χ4n) is 1.70. The van der Waals surface area contributed by atoms with E-state index in [1.54, 1.807) is 24.3 Å². The lowest BCUT2D eigenvalue weighted by Crippen LogP contribution is -2.30. The number of rotatable bonds is 9. The maximum absolute atomic E-state index is 11.9. The minimum Gasteiger partial charge on any atom is -0.508 e. The minimum atomic E-state index is -0.633. The summed E-state index contributed by atoms with van der Waals surface area (Å²) in [7, 11) is 0. The highest BCUT2D eigenvalue weighted by Crippen LogP contribution is 2.13. The molecule has 0 aromatic heterocycles. The quantitative estimate of drug-likeness (QED) is 0.554. The van der Waals surface area contributed by atoms with Gasteiger partial charge in [-0.3, -0.25) is 0 Å². The molecule has 1 aromatic rings. The summed E-state index contributed by atoms with van der Waals surface area (Å²) in [5.41, 5.74) is 0.906. The average Bonchev–Trinajstić information content (AvgIpc) is 2.45. The molecule has 1 rings (SSSR count). The van der Waals surface area contributed by atoms with Gasteiger partial charge in [0.1, 0.15) is 12.4 Å². The second-order valence-corrected chi connectivity index (χ2v) is 4.18. The Balaban J connectivity index is 2.50. The van der Waals surface area contributed by atoms with Crippen LogP contribution in [0.5, 0.6) is 5.75 Å². The summed E-state index contributed by atoms with van der Waals surface area (Å²) in [6.07, 6.45) is -0.215. The van der Waals surface area contributed by atoms with E-state index in [0.29, 0.717) is 26.2 Å². The molecule has 0 heterocycles. The predicted octanol–water partition coefficient (Wildman–Crippen LogP) is 1.92. The lowest BCUT2D eigenvalue weighted by Gasteiger charge is -2.16. The molecule has 0 fully saturated rings. The van der Waals surface area contributed by atoms with E-state index in [9.17, 15) is 9.90 Å². The van der Waals surface area contributed by atoms with Crippen LogP contribution in [-0.2, 0) is 25.4 Å². The lowest BCUT2D eigenvalue weighted by atomic mass is 10.1. The molecule has 0 aliphatic carbocycles. The van der Waals surface area contributed by atoms with Crippen LogP contribution in [0.2, 0.25) is 0 Å². The van der Waals surface area contributed by atoms with Crippen molar-refractivity contribution >= 4 is 5.97 Å². The number of carbonyl (C=O) groups is 1. The summed E-state index contributed by atoms with van der Waals surface area (Å²) in [5.74, 6) is -0.194. The zero-order chi connectivity index (χ0) is 14.8. The molecule has 0 amide bonds. The Morgan fingerprint density at radius 2 is 1.85 bits per heavy atom. The predicted molar refractivity (Wildman–Crippen MR) is 74.7 cm³/mol. The summed E-state index contributed by atoms with van der Waals surface area (Å²) < 4.78 is 15.6. The molecule has 1 N–H and O–H groups in total. The maximum atomic E-state index is 11.9. The molecule has 0 spiro atoms. The Labute approximate surface area is 119 Å². The van der Waals surface area contributed by atoms with Crippen molar-refractivity contribution in [2.45, 2.75) is 26.4 Å². The maximum Gasteiger partial charge on any atom is 0.335 e. The third-order valence-electron chi connectivity index (χ3n) is 2.66. The summed E-state index contributed by atoms with van der Waals surface area (Å²) in [4.78, 5) is 11.9. The van der Waals surface area contributed by atoms with Crippen LogP contribution in [0.25, 0.3) is 0 Å². The average molecular weight is 282 g/mol. The minimum absolute atomic E-state index is 0.195. The number of ether oxygens (including phenoxy) is 3. The molecule has 0 unspecified atom stereocenters. The highest BCUT2D eigenvalue weighted by atomic mass is 16.6. The van der Waals surface area contributed by atoms with Gasteiger partial charge in [-0.15, -0.1) is 0 Å². The SMILES string of the molecule is CCOCCOC(=O)[C@H](Cc1ccc(O)cc1)OCC. The normalized spacial score (nSPS) is 12.1. The number of phenols is 1. The molecule has 0 radical (unpaired) electrons. The van der Waals surface area contributed by atoms with Crippen molar-refractivity contribution < 1.29 is 24.1 Å². The van der Waals surface area contributed by atoms with Crippen LogP contribution in [0.4, 0.5) is 0 Å². The first-order valence-electron chi connectivity index (χ1n) is 6.81. The van der Waals surface area contributed by atoms with Crippen LogP contribution >= 0.6 is 0 Å². The van der Waals surface area contributed by atoms with Crippen molar-refractivity contribution in [2.75, 3.05) is 26.4 Å². The van der Waals surface area contributed by atoms with Gasteiger partial charge in [0.25, 0.3) is 0 Å². The number of hydrogen-bond donors (Lipinski definition) is 1. The molecular formula is C15H22O5. The van der Waals surface area contributed by atoms with Crippen LogP contribution in [0.15, 0.2) is 24.3 Å². The third kappa shape index (κ3) is 6.04. The van der Waals surface area contributed by atoms with Crippen molar-refractivity contribution in [3.8, 4) is 5.75 Å². The lowest BCUT2D eigenvalue weighted by molar-refractivity contribution is -0.158. The molecule has 1 aromatic carbocycles. The molecule has 0 aliphatic rings. The molecule has 0 saturated carbocycles. The fraction of sp³-hybridized carbons (Fsp3) is 0.533. The van der Waals surface area contributed by atoms with E-state index in [0.717, 1.165) is 5.56 Å². The second kappa shape index (κ2) is 9.34. The molecule has 20 heavy (non-hydrogen) atoms. The van der Waals surface area contributed by atoms with Crippen LogP contribution in [0.3, 0.4) is 0 Å². The second-order valence-electron chi connectivity index (χ2n) is 4.18. The molecular weight excluding hydrogens is 260 g/mol. The Morgan fingerprint density at radius 3 is 2.45 bits per heavy atom. The first-order valence-corrected chi connectivity index (χ1v) is 6.81. The number of carbonyl (C=O) groups excluding carboxylic acids is 1. The summed E-state index contributed by atoms with van der Waals surface area (Å²) in [6, 6.07) is 6.68. The Kier molecular flexibility index (Phi) is 7.69. The fourth-order valence-corrected chi connectivity index (χ4v) is 1.70. The first kappa shape index (κ1) is 16.5. The molecule has 0 saturated heterocycles. The van der Waals surface area contributed by atoms with Gasteiger partial charge in [-0.2, -0.15) is 0 Å². The van der Waals surface area contributed by atoms with Gasteiger partial charge in [-0.1, -0.05) is 12.1 Å². The highest BCUT2D eigenvalue weighted by molar-refractivity contribution is 5.75. The zero-order valence-electron chi connectivity index (χ0n) is 12.0. The Hall–Kier alpha value is -1.59. The van der Waals surface area contributed by atoms with Gasteiger partial charge in [-0.05, 0) is 31.5 Å². The number of phenolic OH excluding ortho intramolecular Hbond substituents is 1. The smallest absolute Gasteiger partial charge is 0.335 e. The van der Waals surface area contributed by atoms with Gasteiger partial charge >= 0.3 is 5.97 Å². The molecule has 5 nitrogen and oxygen atoms in total. The van der Waals surface area contributed by atoms with E-state index >= 15 is 0 Å². The number of aromatic hydroxyl groups is 1. The van der Waals surface area contributed by atoms with E-state index in [-0.39, 0.29) is 18.3 Å². The van der Waals surface area contributed by atoms with E-state index in [1.807, 2.05) is 13.8 Å². The summed E-state index contributed by atoms with van der Waals surface area (Å²) in [5, 5.41) is 9.23. The van der Waals surface area contributed by atoms with Crippen molar-refractivity contribution in [3.63, 3.8) is 0 Å². The van der Waals surface area contributed by atoms with Gasteiger partial charge in [0, 0.05) is 19.6 Å². The van der Waals surface area contributed by atoms with Gasteiger partial charge in [0.2, 0.25) is 0 Å². The molecule has 1 atom stereocenters. The summed E-state index contributed by atoms with van der Waals surface area (Å²) in [6.45, 7) is 5.36. The zero-order valence-corrected chi connectivity index (χ0v) is 12.0. The molecule has 112 valence electrons. The largest absolute Gasteiger partial charge is 0.508 e. The van der Waals surface area contributed by atoms with Gasteiger partial charge in [0.15, 0.2) is 6.10 Å². The standard InChI is InChI=1S/C15H22O5/c1-3-18-9-10-20-15(17)14(19-4-2)11-12-5-7-13(16)8-6-12/h5-8,14,16H,3-4,9-11H2,1-2H3/t14-/m0/s1. The van der Waals surface area contributed by atoms with Gasteiger partial charge in [-0.25, -0.2) is 4.79 Å². The molecule has 0 bridgehead atoms. The van der Waals surface area contributed by atoms with Crippen LogP contribution < -0.4 is 0 Å². The van der Waals surface area contributed by atoms with E-state index in [1.165, 1.54) is 0 Å². The Bertz CT molecular complexity index is 388. The van der Waals surface area contributed by atoms with Crippen LogP contribution in [0, 0.1) is 0 Å². The van der Waals surface area contributed by atoms with Gasteiger partial charge < -0.3 is 19.3 Å². The van der Waals surface area contributed by atoms with Crippen molar-refractivity contribution in [2.24, 2.45) is 0 Å². The monoisotopic (exact) mass is 282 g/mol. The first-order chi connectivity index (χ1) is 9.67. The van der Waals surface area contributed by atoms with Crippen LogP contribution in [-0.4, -0.2) is 43.6 Å². The van der Waals surface area contributed by atoms with E-state index in [4.69, 9.17) is 14.2 Å². The highest BCUT2D eigenvalue weighted by Gasteiger charge is 2.20. The molecule has 0 aliphatic heterocycles. The third-order valence-corrected chi connectivity index (χ3v) is 2.66. The summed E-state index contributed by atoms with van der Waals surface area (Å²) >= 11 is 0. The van der Waals surface area contributed by atoms with Crippen molar-refractivity contribution in [3.05, 3.63) is 29.8 Å². The Morgan fingerprint density at radius 1 is 1.15 bits per heavy atom. The van der Waals surface area contributed by atoms with E-state index < -0.39 is 6.10 Å².